The highest BCUT2D eigenvalue weighted by molar-refractivity contribution is 6.26. The summed E-state index contributed by atoms with van der Waals surface area (Å²) in [6, 6.07) is 65.9. The summed E-state index contributed by atoms with van der Waals surface area (Å²) in [5, 5.41) is 14.5. The lowest BCUT2D eigenvalue weighted by Gasteiger charge is -2.14. The molecule has 0 amide bonds. The van der Waals surface area contributed by atoms with Gasteiger partial charge in [-0.15, -0.1) is 0 Å². The summed E-state index contributed by atoms with van der Waals surface area (Å²) in [7, 11) is 0. The highest BCUT2D eigenvalue weighted by Crippen LogP contribution is 2.41. The molecule has 0 atom stereocenters. The van der Waals surface area contributed by atoms with E-state index in [0.717, 1.165) is 55.0 Å². The third-order valence-electron chi connectivity index (χ3n) is 11.4. The Labute approximate surface area is 310 Å². The summed E-state index contributed by atoms with van der Waals surface area (Å²) in [6.07, 6.45) is 0. The molecule has 2 aromatic heterocycles. The van der Waals surface area contributed by atoms with Crippen LogP contribution in [0.15, 0.2) is 191 Å². The van der Waals surface area contributed by atoms with E-state index in [2.05, 4.69) is 164 Å². The second-order valence-corrected chi connectivity index (χ2v) is 14.4. The van der Waals surface area contributed by atoms with Crippen LogP contribution in [-0.2, 0) is 0 Å². The predicted molar refractivity (Wildman–Crippen MR) is 227 cm³/mol. The van der Waals surface area contributed by atoms with Crippen molar-refractivity contribution in [1.29, 1.82) is 0 Å². The molecule has 0 saturated heterocycles. The number of furan rings is 2. The summed E-state index contributed by atoms with van der Waals surface area (Å²) in [4.78, 5) is 0. The fourth-order valence-electron chi connectivity index (χ4n) is 8.83. The minimum Gasteiger partial charge on any atom is -0.456 e. The van der Waals surface area contributed by atoms with Gasteiger partial charge in [0.25, 0.3) is 0 Å². The summed E-state index contributed by atoms with van der Waals surface area (Å²) in [5.41, 5.74) is 10.7. The Balaban J connectivity index is 0.975. The lowest BCUT2D eigenvalue weighted by atomic mass is 9.89. The molecular weight excluding hydrogens is 657 g/mol. The quantitative estimate of drug-likeness (QED) is 0.173. The molecule has 0 saturated carbocycles. The predicted octanol–water partition coefficient (Wildman–Crippen LogP) is 15.1. The smallest absolute Gasteiger partial charge is 0.136 e. The monoisotopic (exact) mass is 686 g/mol. The van der Waals surface area contributed by atoms with E-state index in [-0.39, 0.29) is 0 Å². The van der Waals surface area contributed by atoms with Gasteiger partial charge in [-0.2, -0.15) is 0 Å². The molecule has 250 valence electrons. The van der Waals surface area contributed by atoms with E-state index in [9.17, 15) is 0 Å². The fourth-order valence-corrected chi connectivity index (χ4v) is 8.83. The first kappa shape index (κ1) is 29.4. The molecule has 10 aromatic carbocycles. The molecule has 54 heavy (non-hydrogen) atoms. The fraction of sp³-hybridized carbons (Fsp3) is 0. The molecule has 0 unspecified atom stereocenters. The van der Waals surface area contributed by atoms with Gasteiger partial charge in [-0.25, -0.2) is 0 Å². The second kappa shape index (κ2) is 11.2. The number of rotatable bonds is 3. The Hall–Kier alpha value is -7.16. The van der Waals surface area contributed by atoms with Crippen molar-refractivity contribution in [3.05, 3.63) is 182 Å². The SMILES string of the molecule is c1cc(-c2ccc3oc4cc5c(cc4c3c2)oc2ccccc25)cc(-c2ccc3c4ccc(-c5cccc6ccccc56)cc4c4ccccc4c3c2)c1. The third-order valence-corrected chi connectivity index (χ3v) is 11.4. The molecule has 0 spiro atoms. The first-order valence-corrected chi connectivity index (χ1v) is 18.5. The molecule has 2 heterocycles. The summed E-state index contributed by atoms with van der Waals surface area (Å²) >= 11 is 0. The highest BCUT2D eigenvalue weighted by Gasteiger charge is 2.16. The van der Waals surface area contributed by atoms with E-state index >= 15 is 0 Å². The molecule has 0 radical (unpaired) electrons. The van der Waals surface area contributed by atoms with Crippen LogP contribution in [0.3, 0.4) is 0 Å². The molecule has 0 aliphatic rings. The second-order valence-electron chi connectivity index (χ2n) is 14.4. The maximum atomic E-state index is 6.37. The van der Waals surface area contributed by atoms with Gasteiger partial charge in [-0.05, 0) is 125 Å². The molecule has 0 aliphatic carbocycles. The molecule has 2 heteroatoms. The molecule has 0 fully saturated rings. The van der Waals surface area contributed by atoms with E-state index in [1.807, 2.05) is 18.2 Å². The van der Waals surface area contributed by atoms with E-state index in [1.165, 1.54) is 65.3 Å². The van der Waals surface area contributed by atoms with Crippen LogP contribution in [-0.4, -0.2) is 0 Å². The van der Waals surface area contributed by atoms with Crippen LogP contribution in [0.2, 0.25) is 0 Å². The van der Waals surface area contributed by atoms with Gasteiger partial charge in [0.05, 0.1) is 0 Å². The topological polar surface area (TPSA) is 26.3 Å². The van der Waals surface area contributed by atoms with Gasteiger partial charge in [0, 0.05) is 21.5 Å². The number of fused-ring (bicyclic) bond motifs is 13. The number of benzene rings is 10. The Kier molecular flexibility index (Phi) is 6.09. The van der Waals surface area contributed by atoms with Crippen LogP contribution in [0, 0.1) is 0 Å². The van der Waals surface area contributed by atoms with Crippen LogP contribution >= 0.6 is 0 Å². The summed E-state index contributed by atoms with van der Waals surface area (Å²) in [5.74, 6) is 0. The Morgan fingerprint density at radius 3 is 1.43 bits per heavy atom. The van der Waals surface area contributed by atoms with Crippen molar-refractivity contribution in [1.82, 2.24) is 0 Å². The molecule has 12 aromatic rings. The standard InChI is InChI=1S/C52H30O2/c1-2-13-37-31(9-1)10-8-17-38(37)36-20-23-42-41-22-19-34(26-44(41)39-14-3-4-15-40(39)45(42)28-36)32-11-7-12-33(25-32)35-21-24-50-46(27-35)48-30-51-47(29-52(48)54-50)43-16-5-6-18-49(43)53-51/h1-30H. The maximum absolute atomic E-state index is 6.37. The van der Waals surface area contributed by atoms with Crippen LogP contribution in [0.25, 0.3) is 120 Å². The van der Waals surface area contributed by atoms with Crippen molar-refractivity contribution in [3.8, 4) is 33.4 Å². The zero-order valence-corrected chi connectivity index (χ0v) is 29.1. The van der Waals surface area contributed by atoms with Crippen LogP contribution in [0.4, 0.5) is 0 Å². The molecule has 0 N–H and O–H groups in total. The minimum atomic E-state index is 0.871. The number of hydrogen-bond donors (Lipinski definition) is 0. The maximum Gasteiger partial charge on any atom is 0.136 e. The molecule has 0 aliphatic heterocycles. The van der Waals surface area contributed by atoms with Crippen LogP contribution in [0.5, 0.6) is 0 Å². The van der Waals surface area contributed by atoms with Crippen molar-refractivity contribution in [2.24, 2.45) is 0 Å². The van der Waals surface area contributed by atoms with Gasteiger partial charge in [-0.3, -0.25) is 0 Å². The zero-order chi connectivity index (χ0) is 35.3. The largest absolute Gasteiger partial charge is 0.456 e. The minimum absolute atomic E-state index is 0.871. The average molecular weight is 687 g/mol. The summed E-state index contributed by atoms with van der Waals surface area (Å²) in [6.45, 7) is 0. The van der Waals surface area contributed by atoms with Crippen molar-refractivity contribution < 1.29 is 8.83 Å². The lowest BCUT2D eigenvalue weighted by molar-refractivity contribution is 0.664. The van der Waals surface area contributed by atoms with Gasteiger partial charge < -0.3 is 8.83 Å². The van der Waals surface area contributed by atoms with Crippen molar-refractivity contribution in [2.75, 3.05) is 0 Å². The van der Waals surface area contributed by atoms with Gasteiger partial charge >= 0.3 is 0 Å². The zero-order valence-electron chi connectivity index (χ0n) is 29.1. The number of para-hydroxylation sites is 1. The Bertz CT molecular complexity index is 3480. The molecule has 0 bridgehead atoms. The molecule has 12 rings (SSSR count). The Morgan fingerprint density at radius 1 is 0.222 bits per heavy atom. The van der Waals surface area contributed by atoms with Gasteiger partial charge in [0.1, 0.15) is 22.3 Å². The van der Waals surface area contributed by atoms with E-state index < -0.39 is 0 Å². The van der Waals surface area contributed by atoms with Crippen molar-refractivity contribution in [2.45, 2.75) is 0 Å². The normalized spacial score (nSPS) is 12.1. The molecular formula is C52H30O2. The first-order valence-electron chi connectivity index (χ1n) is 18.5. The first-order chi connectivity index (χ1) is 26.7. The summed E-state index contributed by atoms with van der Waals surface area (Å²) < 4.78 is 12.6. The molecule has 2 nitrogen and oxygen atoms in total. The van der Waals surface area contributed by atoms with E-state index in [1.54, 1.807) is 0 Å². The lowest BCUT2D eigenvalue weighted by Crippen LogP contribution is -1.87. The van der Waals surface area contributed by atoms with E-state index in [4.69, 9.17) is 8.83 Å². The van der Waals surface area contributed by atoms with Gasteiger partial charge in [0.2, 0.25) is 0 Å². The van der Waals surface area contributed by atoms with Crippen LogP contribution in [0.1, 0.15) is 0 Å². The van der Waals surface area contributed by atoms with Gasteiger partial charge in [0.15, 0.2) is 0 Å². The van der Waals surface area contributed by atoms with Crippen molar-refractivity contribution >= 4 is 87.0 Å². The van der Waals surface area contributed by atoms with Gasteiger partial charge in [-0.1, -0.05) is 133 Å². The van der Waals surface area contributed by atoms with Crippen molar-refractivity contribution in [3.63, 3.8) is 0 Å². The third kappa shape index (κ3) is 4.34. The van der Waals surface area contributed by atoms with Crippen LogP contribution < -0.4 is 0 Å². The number of hydrogen-bond acceptors (Lipinski definition) is 2. The Morgan fingerprint density at radius 2 is 0.685 bits per heavy atom. The highest BCUT2D eigenvalue weighted by atomic mass is 16.3. The van der Waals surface area contributed by atoms with E-state index in [0.29, 0.717) is 0 Å². The average Bonchev–Trinajstić information content (AvgIpc) is 3.79.